The highest BCUT2D eigenvalue weighted by Gasteiger charge is 2.34. The molecule has 0 atom stereocenters. The van der Waals surface area contributed by atoms with Gasteiger partial charge >= 0.3 is 6.03 Å². The topological polar surface area (TPSA) is 59.6 Å². The van der Waals surface area contributed by atoms with Crippen molar-refractivity contribution in [1.29, 1.82) is 0 Å². The molecule has 0 bridgehead atoms. The molecule has 0 saturated carbocycles. The Morgan fingerprint density at radius 2 is 1.64 bits per heavy atom. The third-order valence-corrected chi connectivity index (χ3v) is 4.67. The second-order valence-electron chi connectivity index (χ2n) is 6.32. The van der Waals surface area contributed by atoms with E-state index in [0.29, 0.717) is 26.4 Å². The van der Waals surface area contributed by atoms with E-state index >= 15 is 0 Å². The molecule has 0 spiro atoms. The molecule has 2 aromatic rings. The standard InChI is InChI=1S/C20H24N2O3/c23-19(22-25-15-17-7-3-1-4-8-17)21-16-20(11-13-24-14-12-20)18-9-5-2-6-10-18/h1-10H,11-16H2,(H2,21,22,23). The van der Waals surface area contributed by atoms with Gasteiger partial charge in [-0.3, -0.25) is 4.84 Å². The number of nitrogens with one attached hydrogen (secondary N) is 2. The lowest BCUT2D eigenvalue weighted by molar-refractivity contribution is 0.0406. The van der Waals surface area contributed by atoms with Gasteiger partial charge in [0, 0.05) is 25.2 Å². The third kappa shape index (κ3) is 4.81. The molecular formula is C20H24N2O3. The number of ether oxygens (including phenoxy) is 1. The first kappa shape index (κ1) is 17.5. The molecule has 1 aliphatic rings. The molecule has 2 amide bonds. The molecule has 0 aromatic heterocycles. The molecule has 0 unspecified atom stereocenters. The van der Waals surface area contributed by atoms with Crippen molar-refractivity contribution in [3.8, 4) is 0 Å². The Morgan fingerprint density at radius 3 is 2.32 bits per heavy atom. The van der Waals surface area contributed by atoms with Crippen molar-refractivity contribution in [2.24, 2.45) is 0 Å². The van der Waals surface area contributed by atoms with E-state index in [0.717, 1.165) is 18.4 Å². The van der Waals surface area contributed by atoms with Crippen molar-refractivity contribution in [2.75, 3.05) is 19.8 Å². The lowest BCUT2D eigenvalue weighted by atomic mass is 9.74. The predicted molar refractivity (Wildman–Crippen MR) is 95.9 cm³/mol. The highest BCUT2D eigenvalue weighted by Crippen LogP contribution is 2.34. The molecule has 5 nitrogen and oxygen atoms in total. The lowest BCUT2D eigenvalue weighted by Crippen LogP contribution is -2.47. The van der Waals surface area contributed by atoms with Gasteiger partial charge in [-0.25, -0.2) is 10.3 Å². The Morgan fingerprint density at radius 1 is 1.00 bits per heavy atom. The van der Waals surface area contributed by atoms with Gasteiger partial charge in [-0.05, 0) is 24.0 Å². The van der Waals surface area contributed by atoms with E-state index in [-0.39, 0.29) is 11.4 Å². The van der Waals surface area contributed by atoms with Crippen LogP contribution < -0.4 is 10.8 Å². The van der Waals surface area contributed by atoms with Crippen LogP contribution in [0.3, 0.4) is 0 Å². The smallest absolute Gasteiger partial charge is 0.338 e. The number of hydrogen-bond donors (Lipinski definition) is 2. The summed E-state index contributed by atoms with van der Waals surface area (Å²) in [6, 6.07) is 19.7. The Bertz CT molecular complexity index is 655. The number of hydroxylamine groups is 1. The first-order valence-electron chi connectivity index (χ1n) is 8.61. The summed E-state index contributed by atoms with van der Waals surface area (Å²) in [7, 11) is 0. The van der Waals surface area contributed by atoms with E-state index in [4.69, 9.17) is 9.57 Å². The van der Waals surface area contributed by atoms with Crippen LogP contribution >= 0.6 is 0 Å². The number of carbonyl (C=O) groups is 1. The quantitative estimate of drug-likeness (QED) is 0.794. The van der Waals surface area contributed by atoms with Crippen LogP contribution in [0.4, 0.5) is 4.79 Å². The fourth-order valence-electron chi connectivity index (χ4n) is 3.17. The fraction of sp³-hybridized carbons (Fsp3) is 0.350. The SMILES string of the molecule is O=C(NCC1(c2ccccc2)CCOCC1)NOCc1ccccc1. The molecule has 1 heterocycles. The zero-order chi connectivity index (χ0) is 17.4. The molecule has 1 saturated heterocycles. The minimum Gasteiger partial charge on any atom is -0.381 e. The zero-order valence-electron chi connectivity index (χ0n) is 14.2. The van der Waals surface area contributed by atoms with E-state index in [1.807, 2.05) is 48.5 Å². The van der Waals surface area contributed by atoms with Crippen LogP contribution in [0.5, 0.6) is 0 Å². The minimum absolute atomic E-state index is 0.0870. The van der Waals surface area contributed by atoms with Gasteiger partial charge in [-0.1, -0.05) is 60.7 Å². The summed E-state index contributed by atoms with van der Waals surface area (Å²) in [6.45, 7) is 2.32. The molecule has 0 radical (unpaired) electrons. The molecule has 2 aromatic carbocycles. The monoisotopic (exact) mass is 340 g/mol. The van der Waals surface area contributed by atoms with E-state index in [2.05, 4.69) is 22.9 Å². The van der Waals surface area contributed by atoms with Gasteiger partial charge in [-0.2, -0.15) is 0 Å². The summed E-state index contributed by atoms with van der Waals surface area (Å²) >= 11 is 0. The van der Waals surface area contributed by atoms with Crippen LogP contribution in [0, 0.1) is 0 Å². The molecule has 132 valence electrons. The van der Waals surface area contributed by atoms with Crippen LogP contribution in [0.2, 0.25) is 0 Å². The summed E-state index contributed by atoms with van der Waals surface area (Å²) in [5.41, 5.74) is 4.62. The molecule has 1 fully saturated rings. The summed E-state index contributed by atoms with van der Waals surface area (Å²) in [5, 5.41) is 2.95. The minimum atomic E-state index is -0.322. The van der Waals surface area contributed by atoms with Crippen molar-refractivity contribution in [3.05, 3.63) is 71.8 Å². The lowest BCUT2D eigenvalue weighted by Gasteiger charge is -2.37. The Balaban J connectivity index is 1.52. The maximum Gasteiger partial charge on any atom is 0.338 e. The number of rotatable bonds is 6. The largest absolute Gasteiger partial charge is 0.381 e. The first-order chi connectivity index (χ1) is 12.3. The molecule has 2 N–H and O–H groups in total. The van der Waals surface area contributed by atoms with Crippen molar-refractivity contribution < 1.29 is 14.4 Å². The van der Waals surface area contributed by atoms with Crippen LogP contribution in [0.1, 0.15) is 24.0 Å². The summed E-state index contributed by atoms with van der Waals surface area (Å²) in [5.74, 6) is 0. The summed E-state index contributed by atoms with van der Waals surface area (Å²) < 4.78 is 5.51. The summed E-state index contributed by atoms with van der Waals surface area (Å²) in [4.78, 5) is 17.3. The number of urea groups is 1. The van der Waals surface area contributed by atoms with Crippen LogP contribution in [-0.2, 0) is 21.6 Å². The van der Waals surface area contributed by atoms with E-state index in [9.17, 15) is 4.79 Å². The molecule has 1 aliphatic heterocycles. The fourth-order valence-corrected chi connectivity index (χ4v) is 3.17. The van der Waals surface area contributed by atoms with Crippen molar-refractivity contribution >= 4 is 6.03 Å². The maximum absolute atomic E-state index is 12.1. The van der Waals surface area contributed by atoms with Crippen molar-refractivity contribution in [3.63, 3.8) is 0 Å². The Kier molecular flexibility index (Phi) is 6.04. The number of hydrogen-bond acceptors (Lipinski definition) is 3. The highest BCUT2D eigenvalue weighted by molar-refractivity contribution is 5.72. The van der Waals surface area contributed by atoms with Crippen LogP contribution in [0.25, 0.3) is 0 Å². The normalized spacial score (nSPS) is 16.2. The average molecular weight is 340 g/mol. The van der Waals surface area contributed by atoms with E-state index in [1.165, 1.54) is 5.56 Å². The predicted octanol–water partition coefficient (Wildman–Crippen LogP) is 3.17. The van der Waals surface area contributed by atoms with E-state index < -0.39 is 0 Å². The number of benzene rings is 2. The first-order valence-corrected chi connectivity index (χ1v) is 8.61. The highest BCUT2D eigenvalue weighted by atomic mass is 16.7. The van der Waals surface area contributed by atoms with Gasteiger partial charge in [-0.15, -0.1) is 0 Å². The third-order valence-electron chi connectivity index (χ3n) is 4.67. The van der Waals surface area contributed by atoms with Crippen molar-refractivity contribution in [1.82, 2.24) is 10.8 Å². The maximum atomic E-state index is 12.1. The van der Waals surface area contributed by atoms with Gasteiger partial charge in [0.15, 0.2) is 0 Å². The average Bonchev–Trinajstić information content (AvgIpc) is 2.69. The molecule has 5 heteroatoms. The van der Waals surface area contributed by atoms with E-state index in [1.54, 1.807) is 0 Å². The number of carbonyl (C=O) groups excluding carboxylic acids is 1. The van der Waals surface area contributed by atoms with Gasteiger partial charge < -0.3 is 10.1 Å². The van der Waals surface area contributed by atoms with Crippen LogP contribution in [-0.4, -0.2) is 25.8 Å². The van der Waals surface area contributed by atoms with Gasteiger partial charge in [0.2, 0.25) is 0 Å². The molecular weight excluding hydrogens is 316 g/mol. The Labute approximate surface area is 148 Å². The van der Waals surface area contributed by atoms with Crippen LogP contribution in [0.15, 0.2) is 60.7 Å². The second-order valence-corrected chi connectivity index (χ2v) is 6.32. The molecule has 0 aliphatic carbocycles. The second kappa shape index (κ2) is 8.65. The number of amides is 2. The summed E-state index contributed by atoms with van der Waals surface area (Å²) in [6.07, 6.45) is 1.78. The van der Waals surface area contributed by atoms with Crippen molar-refractivity contribution in [2.45, 2.75) is 24.9 Å². The molecule has 25 heavy (non-hydrogen) atoms. The zero-order valence-corrected chi connectivity index (χ0v) is 14.2. The molecule has 3 rings (SSSR count). The van der Waals surface area contributed by atoms with Gasteiger partial charge in [0.05, 0.1) is 6.61 Å². The Hall–Kier alpha value is -2.37. The van der Waals surface area contributed by atoms with Gasteiger partial charge in [0.25, 0.3) is 0 Å². The van der Waals surface area contributed by atoms with Gasteiger partial charge in [0.1, 0.15) is 0 Å².